The number of nitrogens with zero attached hydrogens (tertiary/aromatic N) is 6. The standard InChI is InChI=1S/C22H23ClN10O2/c1-12(26-21(34)18-19(24)29-33-9-4-8-25-20(18)33)15-11-13-5-3-6-14(23)17(13)22(35)32(15)10-7-16-27-30-31(2)28-16/h3-6,8-9,11-12,30H,7,10H2,1-2H3,(H2,24,29)(H,26,34)(H,27,28). The van der Waals surface area contributed by atoms with Crippen LogP contribution in [-0.4, -0.2) is 43.1 Å². The van der Waals surface area contributed by atoms with Crippen LogP contribution in [0.5, 0.6) is 0 Å². The van der Waals surface area contributed by atoms with Crippen molar-refractivity contribution in [2.45, 2.75) is 25.9 Å². The maximum absolute atomic E-state index is 13.5. The van der Waals surface area contributed by atoms with Crippen LogP contribution in [0.25, 0.3) is 16.4 Å². The number of hydrogen-bond donors (Lipinski definition) is 4. The minimum atomic E-state index is -0.545. The van der Waals surface area contributed by atoms with Gasteiger partial charge in [-0.1, -0.05) is 23.7 Å². The van der Waals surface area contributed by atoms with E-state index in [1.54, 1.807) is 54.2 Å². The third kappa shape index (κ3) is 4.13. The van der Waals surface area contributed by atoms with Crippen molar-refractivity contribution in [3.8, 4) is 0 Å². The predicted octanol–water partition coefficient (Wildman–Crippen LogP) is 1.43. The van der Waals surface area contributed by atoms with E-state index >= 15 is 0 Å². The zero-order valence-corrected chi connectivity index (χ0v) is 19.7. The van der Waals surface area contributed by atoms with E-state index < -0.39 is 11.9 Å². The van der Waals surface area contributed by atoms with Gasteiger partial charge in [0.1, 0.15) is 11.4 Å². The minimum absolute atomic E-state index is 0.0676. The summed E-state index contributed by atoms with van der Waals surface area (Å²) in [6.07, 6.45) is 3.68. The molecule has 180 valence electrons. The van der Waals surface area contributed by atoms with Crippen molar-refractivity contribution < 1.29 is 4.79 Å². The fourth-order valence-corrected chi connectivity index (χ4v) is 4.40. The Morgan fingerprint density at radius 2 is 2.14 bits per heavy atom. The molecule has 5 rings (SSSR count). The number of fused-ring (bicyclic) bond motifs is 2. The molecule has 5 N–H and O–H groups in total. The predicted molar refractivity (Wildman–Crippen MR) is 133 cm³/mol. The van der Waals surface area contributed by atoms with Gasteiger partial charge in [0.05, 0.1) is 16.5 Å². The largest absolute Gasteiger partial charge is 0.381 e. The number of benzene rings is 1. The van der Waals surface area contributed by atoms with Gasteiger partial charge in [-0.2, -0.15) is 0 Å². The Morgan fingerprint density at radius 1 is 1.31 bits per heavy atom. The van der Waals surface area contributed by atoms with Gasteiger partial charge in [-0.25, -0.2) is 15.0 Å². The van der Waals surface area contributed by atoms with Gasteiger partial charge in [0, 0.05) is 38.1 Å². The summed E-state index contributed by atoms with van der Waals surface area (Å²) < 4.78 is 3.06. The van der Waals surface area contributed by atoms with Crippen molar-refractivity contribution in [2.75, 3.05) is 12.8 Å². The van der Waals surface area contributed by atoms with Crippen LogP contribution in [0.4, 0.5) is 5.82 Å². The van der Waals surface area contributed by atoms with E-state index in [4.69, 9.17) is 17.3 Å². The number of hydrazine groups is 2. The lowest BCUT2D eigenvalue weighted by atomic mass is 10.1. The number of nitrogen functional groups attached to an aromatic ring is 1. The Kier molecular flexibility index (Phi) is 5.75. The molecule has 0 radical (unpaired) electrons. The van der Waals surface area contributed by atoms with Gasteiger partial charge in [0.2, 0.25) is 0 Å². The summed E-state index contributed by atoms with van der Waals surface area (Å²) in [5.74, 6) is 0.297. The molecule has 35 heavy (non-hydrogen) atoms. The maximum atomic E-state index is 13.5. The molecule has 13 heteroatoms. The summed E-state index contributed by atoms with van der Waals surface area (Å²) in [4.78, 5) is 31.0. The molecule has 0 saturated heterocycles. The van der Waals surface area contributed by atoms with E-state index in [0.717, 1.165) is 0 Å². The molecule has 0 saturated carbocycles. The van der Waals surface area contributed by atoms with Gasteiger partial charge in [0.25, 0.3) is 11.5 Å². The second kappa shape index (κ2) is 8.89. The van der Waals surface area contributed by atoms with Crippen LogP contribution in [0.15, 0.2) is 52.6 Å². The number of hydrogen-bond acceptors (Lipinski definition) is 9. The highest BCUT2D eigenvalue weighted by atomic mass is 35.5. The van der Waals surface area contributed by atoms with E-state index in [2.05, 4.69) is 31.5 Å². The summed E-state index contributed by atoms with van der Waals surface area (Å²) in [7, 11) is 1.78. The molecule has 1 unspecified atom stereocenters. The molecular formula is C22H23ClN10O2. The monoisotopic (exact) mass is 494 g/mol. The van der Waals surface area contributed by atoms with Crippen LogP contribution in [-0.2, 0) is 6.54 Å². The van der Waals surface area contributed by atoms with Crippen LogP contribution in [0, 0.1) is 0 Å². The van der Waals surface area contributed by atoms with E-state index in [9.17, 15) is 9.59 Å². The zero-order chi connectivity index (χ0) is 24.7. The van der Waals surface area contributed by atoms with E-state index in [1.807, 2.05) is 12.1 Å². The van der Waals surface area contributed by atoms with Crippen LogP contribution in [0.3, 0.4) is 0 Å². The maximum Gasteiger partial charge on any atom is 0.260 e. The van der Waals surface area contributed by atoms with E-state index in [0.29, 0.717) is 45.9 Å². The normalized spacial score (nSPS) is 14.5. The smallest absolute Gasteiger partial charge is 0.260 e. The first kappa shape index (κ1) is 22.6. The summed E-state index contributed by atoms with van der Waals surface area (Å²) in [6, 6.07) is 8.29. The van der Waals surface area contributed by atoms with Gasteiger partial charge < -0.3 is 15.6 Å². The minimum Gasteiger partial charge on any atom is -0.381 e. The Hall–Kier alpha value is -4.16. The molecule has 4 aromatic rings. The summed E-state index contributed by atoms with van der Waals surface area (Å²) in [5, 5.41) is 14.3. The Morgan fingerprint density at radius 3 is 2.91 bits per heavy atom. The molecule has 0 aliphatic carbocycles. The topological polar surface area (TPSA) is 147 Å². The molecule has 1 aliphatic rings. The second-order valence-electron chi connectivity index (χ2n) is 8.15. The number of aromatic nitrogens is 4. The zero-order valence-electron chi connectivity index (χ0n) is 19.0. The fraction of sp³-hybridized carbons (Fsp3) is 0.227. The van der Waals surface area contributed by atoms with Gasteiger partial charge in [-0.3, -0.25) is 15.0 Å². The molecule has 1 aliphatic heterocycles. The first-order valence-electron chi connectivity index (χ1n) is 10.9. The van der Waals surface area contributed by atoms with Crippen molar-refractivity contribution in [2.24, 2.45) is 5.10 Å². The number of rotatable bonds is 6. The lowest BCUT2D eigenvalue weighted by molar-refractivity contribution is 0.0940. The molecule has 1 aromatic carbocycles. The number of carbonyl (C=O) groups excluding carboxylic acids is 1. The number of hydrazone groups is 1. The number of nitrogens with one attached hydrogen (secondary N) is 3. The second-order valence-corrected chi connectivity index (χ2v) is 8.56. The van der Waals surface area contributed by atoms with Crippen molar-refractivity contribution >= 4 is 45.6 Å². The third-order valence-corrected chi connectivity index (χ3v) is 6.08. The molecule has 4 heterocycles. The Bertz CT molecular complexity index is 1540. The number of pyridine rings is 1. The van der Waals surface area contributed by atoms with Gasteiger partial charge in [-0.05, 0) is 30.5 Å². The molecule has 0 bridgehead atoms. The number of halogens is 1. The highest BCUT2D eigenvalue weighted by Gasteiger charge is 2.23. The van der Waals surface area contributed by atoms with Gasteiger partial charge >= 0.3 is 0 Å². The SMILES string of the molecule is CC(NC(=O)c1c(N)nn2cccnc12)c1cc2cccc(Cl)c2c(=O)n1CCC1=NNN(C)N1. The highest BCUT2D eigenvalue weighted by molar-refractivity contribution is 6.35. The van der Waals surface area contributed by atoms with Crippen molar-refractivity contribution in [1.29, 1.82) is 0 Å². The molecule has 3 aromatic heterocycles. The molecule has 0 spiro atoms. The Labute approximate surface area is 204 Å². The average Bonchev–Trinajstić information content (AvgIpc) is 3.39. The van der Waals surface area contributed by atoms with E-state index in [-0.39, 0.29) is 16.9 Å². The van der Waals surface area contributed by atoms with E-state index in [1.165, 1.54) is 4.52 Å². The van der Waals surface area contributed by atoms with Crippen LogP contribution in [0.1, 0.15) is 35.4 Å². The highest BCUT2D eigenvalue weighted by Crippen LogP contribution is 2.24. The van der Waals surface area contributed by atoms with Gasteiger partial charge in [-0.15, -0.1) is 15.3 Å². The molecule has 0 fully saturated rings. The van der Waals surface area contributed by atoms with Crippen molar-refractivity contribution in [3.63, 3.8) is 0 Å². The lowest BCUT2D eigenvalue weighted by Crippen LogP contribution is -2.38. The fourth-order valence-electron chi connectivity index (χ4n) is 4.14. The third-order valence-electron chi connectivity index (χ3n) is 5.76. The molecule has 12 nitrogen and oxygen atoms in total. The molecule has 1 atom stereocenters. The number of nitrogens with two attached hydrogens (primary N) is 1. The van der Waals surface area contributed by atoms with Crippen LogP contribution < -0.4 is 27.6 Å². The molecular weight excluding hydrogens is 472 g/mol. The van der Waals surface area contributed by atoms with Crippen molar-refractivity contribution in [1.82, 2.24) is 40.6 Å². The quantitative estimate of drug-likeness (QED) is 0.315. The number of amidine groups is 1. The lowest BCUT2D eigenvalue weighted by Gasteiger charge is -2.21. The average molecular weight is 495 g/mol. The first-order chi connectivity index (χ1) is 16.8. The van der Waals surface area contributed by atoms with Crippen molar-refractivity contribution in [3.05, 3.63) is 69.4 Å². The number of carbonyl (C=O) groups is 1. The number of anilines is 1. The summed E-state index contributed by atoms with van der Waals surface area (Å²) >= 11 is 6.37. The van der Waals surface area contributed by atoms with Crippen LogP contribution >= 0.6 is 11.6 Å². The number of amides is 1. The van der Waals surface area contributed by atoms with Gasteiger partial charge in [0.15, 0.2) is 11.5 Å². The van der Waals surface area contributed by atoms with Crippen LogP contribution in [0.2, 0.25) is 5.02 Å². The first-order valence-corrected chi connectivity index (χ1v) is 11.3. The summed E-state index contributed by atoms with van der Waals surface area (Å²) in [5.41, 5.74) is 12.7. The molecule has 1 amide bonds. The summed E-state index contributed by atoms with van der Waals surface area (Å²) in [6.45, 7) is 2.12. The Balaban J connectivity index is 1.52.